The number of rotatable bonds is 1. The van der Waals surface area contributed by atoms with Gasteiger partial charge in [-0.15, -0.1) is 0 Å². The van der Waals surface area contributed by atoms with E-state index in [2.05, 4.69) is 18.5 Å². The first-order valence-electron chi connectivity index (χ1n) is 4.56. The molecule has 0 aliphatic carbocycles. The molecule has 0 aromatic rings. The molecule has 0 spiro atoms. The second-order valence-corrected chi connectivity index (χ2v) is 2.38. The average molecular weight is 171 g/mol. The molecule has 0 bridgehead atoms. The molecule has 0 atom stereocenters. The molecule has 1 rings (SSSR count). The van der Waals surface area contributed by atoms with Gasteiger partial charge in [0.25, 0.3) is 0 Å². The SMILES string of the molecule is C=CC=O.CC.CN1CCCC1. The molecule has 0 aromatic carbocycles. The van der Waals surface area contributed by atoms with Crippen molar-refractivity contribution in [1.29, 1.82) is 0 Å². The molecule has 0 radical (unpaired) electrons. The van der Waals surface area contributed by atoms with Crippen molar-refractivity contribution in [3.63, 3.8) is 0 Å². The first-order chi connectivity index (χ1) is 5.81. The van der Waals surface area contributed by atoms with E-state index in [9.17, 15) is 0 Å². The molecular formula is C10H21NO. The van der Waals surface area contributed by atoms with Crippen molar-refractivity contribution in [2.45, 2.75) is 26.7 Å². The fourth-order valence-corrected chi connectivity index (χ4v) is 0.875. The Hall–Kier alpha value is -0.630. The Balaban J connectivity index is 0. The molecule has 0 aromatic heterocycles. The third-order valence-electron chi connectivity index (χ3n) is 1.43. The van der Waals surface area contributed by atoms with Crippen LogP contribution in [0.3, 0.4) is 0 Å². The number of carbonyl (C=O) groups is 1. The van der Waals surface area contributed by atoms with Crippen molar-refractivity contribution < 1.29 is 4.79 Å². The zero-order valence-corrected chi connectivity index (χ0v) is 8.55. The molecule has 1 fully saturated rings. The van der Waals surface area contributed by atoms with Gasteiger partial charge in [-0.2, -0.15) is 0 Å². The molecule has 12 heavy (non-hydrogen) atoms. The van der Waals surface area contributed by atoms with Gasteiger partial charge in [0.1, 0.15) is 6.29 Å². The molecule has 2 nitrogen and oxygen atoms in total. The lowest BCUT2D eigenvalue weighted by molar-refractivity contribution is -0.104. The summed E-state index contributed by atoms with van der Waals surface area (Å²) in [6.07, 6.45) is 4.66. The lowest BCUT2D eigenvalue weighted by Gasteiger charge is -2.01. The van der Waals surface area contributed by atoms with E-state index < -0.39 is 0 Å². The molecule has 1 aliphatic rings. The Labute approximate surface area is 76.3 Å². The minimum atomic E-state index is 0.639. The van der Waals surface area contributed by atoms with Gasteiger partial charge < -0.3 is 4.90 Å². The van der Waals surface area contributed by atoms with E-state index in [0.717, 1.165) is 0 Å². The van der Waals surface area contributed by atoms with Crippen molar-refractivity contribution >= 4 is 6.29 Å². The quantitative estimate of drug-likeness (QED) is 0.445. The Morgan fingerprint density at radius 2 is 1.58 bits per heavy atom. The highest BCUT2D eigenvalue weighted by Gasteiger charge is 2.03. The van der Waals surface area contributed by atoms with Gasteiger partial charge in [-0.3, -0.25) is 4.79 Å². The van der Waals surface area contributed by atoms with Crippen LogP contribution in [0, 0.1) is 0 Å². The van der Waals surface area contributed by atoms with Crippen molar-refractivity contribution in [2.24, 2.45) is 0 Å². The van der Waals surface area contributed by atoms with Gasteiger partial charge in [0, 0.05) is 0 Å². The standard InChI is InChI=1S/C5H11N.C3H4O.C2H6/c1-6-4-2-3-5-6;1-2-3-4;1-2/h2-5H2,1H3;2-3H,1H2;1-2H3. The van der Waals surface area contributed by atoms with Gasteiger partial charge in [0.2, 0.25) is 0 Å². The number of hydrogen-bond acceptors (Lipinski definition) is 2. The Morgan fingerprint density at radius 3 is 1.67 bits per heavy atom. The summed E-state index contributed by atoms with van der Waals surface area (Å²) in [5.41, 5.74) is 0. The number of allylic oxidation sites excluding steroid dienone is 1. The van der Waals surface area contributed by atoms with Crippen LogP contribution in [0.4, 0.5) is 0 Å². The molecule has 0 amide bonds. The predicted octanol–water partition coefficient (Wildman–Crippen LogP) is 2.11. The third-order valence-corrected chi connectivity index (χ3v) is 1.43. The normalized spacial score (nSPS) is 14.9. The lowest BCUT2D eigenvalue weighted by Crippen LogP contribution is -2.10. The smallest absolute Gasteiger partial charge is 0.142 e. The van der Waals surface area contributed by atoms with E-state index in [-0.39, 0.29) is 0 Å². The first kappa shape index (κ1) is 13.9. The number of hydrogen-bond donors (Lipinski definition) is 0. The minimum Gasteiger partial charge on any atom is -0.306 e. The van der Waals surface area contributed by atoms with Crippen molar-refractivity contribution in [2.75, 3.05) is 20.1 Å². The van der Waals surface area contributed by atoms with Crippen LogP contribution >= 0.6 is 0 Å². The molecule has 0 saturated carbocycles. The summed E-state index contributed by atoms with van der Waals surface area (Å²) in [5.74, 6) is 0. The summed E-state index contributed by atoms with van der Waals surface area (Å²) >= 11 is 0. The van der Waals surface area contributed by atoms with Crippen LogP contribution in [0.1, 0.15) is 26.7 Å². The zero-order valence-electron chi connectivity index (χ0n) is 8.55. The number of likely N-dealkylation sites (tertiary alicyclic amines) is 1. The maximum absolute atomic E-state index is 9.06. The van der Waals surface area contributed by atoms with E-state index in [1.807, 2.05) is 13.8 Å². The molecule has 2 heteroatoms. The van der Waals surface area contributed by atoms with Crippen LogP contribution in [-0.2, 0) is 4.79 Å². The molecule has 1 aliphatic heterocycles. The maximum atomic E-state index is 9.06. The molecule has 0 N–H and O–H groups in total. The van der Waals surface area contributed by atoms with E-state index in [1.165, 1.54) is 32.0 Å². The van der Waals surface area contributed by atoms with Gasteiger partial charge >= 0.3 is 0 Å². The van der Waals surface area contributed by atoms with E-state index >= 15 is 0 Å². The predicted molar refractivity (Wildman–Crippen MR) is 54.3 cm³/mol. The highest BCUT2D eigenvalue weighted by Crippen LogP contribution is 2.01. The summed E-state index contributed by atoms with van der Waals surface area (Å²) in [4.78, 5) is 11.4. The Kier molecular flexibility index (Phi) is 15.1. The number of carbonyl (C=O) groups excluding carboxylic acids is 1. The van der Waals surface area contributed by atoms with Crippen LogP contribution in [0.5, 0.6) is 0 Å². The topological polar surface area (TPSA) is 20.3 Å². The van der Waals surface area contributed by atoms with Crippen LogP contribution in [0.2, 0.25) is 0 Å². The maximum Gasteiger partial charge on any atom is 0.142 e. The fourth-order valence-electron chi connectivity index (χ4n) is 0.875. The van der Waals surface area contributed by atoms with Crippen molar-refractivity contribution in [3.8, 4) is 0 Å². The second-order valence-electron chi connectivity index (χ2n) is 2.38. The fraction of sp³-hybridized carbons (Fsp3) is 0.700. The summed E-state index contributed by atoms with van der Waals surface area (Å²) in [6, 6.07) is 0. The molecular weight excluding hydrogens is 150 g/mol. The molecule has 1 saturated heterocycles. The minimum absolute atomic E-state index is 0.639. The van der Waals surface area contributed by atoms with E-state index in [0.29, 0.717) is 6.29 Å². The summed E-state index contributed by atoms with van der Waals surface area (Å²) in [5, 5.41) is 0. The van der Waals surface area contributed by atoms with Crippen molar-refractivity contribution in [3.05, 3.63) is 12.7 Å². The second kappa shape index (κ2) is 13.0. The number of nitrogens with zero attached hydrogens (tertiary/aromatic N) is 1. The Morgan fingerprint density at radius 1 is 1.25 bits per heavy atom. The highest BCUT2D eigenvalue weighted by atomic mass is 16.1. The van der Waals surface area contributed by atoms with Crippen LogP contribution < -0.4 is 0 Å². The van der Waals surface area contributed by atoms with E-state index in [1.54, 1.807) is 0 Å². The van der Waals surface area contributed by atoms with Gasteiger partial charge in [-0.05, 0) is 39.1 Å². The monoisotopic (exact) mass is 171 g/mol. The van der Waals surface area contributed by atoms with Gasteiger partial charge in [-0.25, -0.2) is 0 Å². The molecule has 0 unspecified atom stereocenters. The van der Waals surface area contributed by atoms with E-state index in [4.69, 9.17) is 4.79 Å². The van der Waals surface area contributed by atoms with Gasteiger partial charge in [-0.1, -0.05) is 20.4 Å². The van der Waals surface area contributed by atoms with Crippen molar-refractivity contribution in [1.82, 2.24) is 4.90 Å². The van der Waals surface area contributed by atoms with Crippen LogP contribution in [0.15, 0.2) is 12.7 Å². The molecule has 1 heterocycles. The number of aldehydes is 1. The van der Waals surface area contributed by atoms with Crippen LogP contribution in [0.25, 0.3) is 0 Å². The summed E-state index contributed by atoms with van der Waals surface area (Å²) in [6.45, 7) is 9.75. The molecule has 72 valence electrons. The lowest BCUT2D eigenvalue weighted by atomic mass is 10.4. The first-order valence-corrected chi connectivity index (χ1v) is 4.56. The summed E-state index contributed by atoms with van der Waals surface area (Å²) < 4.78 is 0. The van der Waals surface area contributed by atoms with Gasteiger partial charge in [0.05, 0.1) is 0 Å². The highest BCUT2D eigenvalue weighted by molar-refractivity contribution is 5.63. The summed E-state index contributed by atoms with van der Waals surface area (Å²) in [7, 11) is 2.17. The largest absolute Gasteiger partial charge is 0.306 e. The third kappa shape index (κ3) is 12.1. The Bertz CT molecular complexity index is 90.0. The van der Waals surface area contributed by atoms with Gasteiger partial charge in [0.15, 0.2) is 0 Å². The average Bonchev–Trinajstić information content (AvgIpc) is 2.60. The van der Waals surface area contributed by atoms with Crippen LogP contribution in [-0.4, -0.2) is 31.3 Å². The zero-order chi connectivity index (χ0) is 9.82.